The molecule has 0 fully saturated rings. The van der Waals surface area contributed by atoms with Crippen molar-refractivity contribution in [2.45, 2.75) is 45.6 Å². The minimum atomic E-state index is 0.00905. The van der Waals surface area contributed by atoms with Crippen molar-refractivity contribution in [1.82, 2.24) is 0 Å². The van der Waals surface area contributed by atoms with E-state index in [-0.39, 0.29) is 6.04 Å². The Labute approximate surface area is 99.1 Å². The highest BCUT2D eigenvalue weighted by Crippen LogP contribution is 2.14. The summed E-state index contributed by atoms with van der Waals surface area (Å²) in [5.74, 6) is 6.77. The average molecular weight is 215 g/mol. The van der Waals surface area contributed by atoms with E-state index >= 15 is 0 Å². The number of hydrogen-bond acceptors (Lipinski definition) is 1. The summed E-state index contributed by atoms with van der Waals surface area (Å²) in [6.45, 7) is 6.51. The van der Waals surface area contributed by atoms with E-state index in [0.29, 0.717) is 5.92 Å². The van der Waals surface area contributed by atoms with Gasteiger partial charge in [-0.15, -0.1) is 0 Å². The van der Waals surface area contributed by atoms with E-state index in [4.69, 9.17) is 5.73 Å². The van der Waals surface area contributed by atoms with Gasteiger partial charge in [0.2, 0.25) is 0 Å². The summed E-state index contributed by atoms with van der Waals surface area (Å²) in [5, 5.41) is 0. The third-order valence-corrected chi connectivity index (χ3v) is 2.58. The van der Waals surface area contributed by atoms with E-state index in [1.807, 2.05) is 0 Å². The SMILES string of the molecule is CCCC(N)C#Cc1ccc(C(C)C)cc1. The van der Waals surface area contributed by atoms with Crippen LogP contribution in [0.4, 0.5) is 0 Å². The van der Waals surface area contributed by atoms with E-state index in [1.165, 1.54) is 5.56 Å². The second-order valence-electron chi connectivity index (χ2n) is 4.44. The lowest BCUT2D eigenvalue weighted by Gasteiger charge is -2.04. The molecule has 0 spiro atoms. The van der Waals surface area contributed by atoms with Crippen molar-refractivity contribution in [2.24, 2.45) is 5.73 Å². The van der Waals surface area contributed by atoms with E-state index in [2.05, 4.69) is 56.9 Å². The number of benzene rings is 1. The maximum Gasteiger partial charge on any atom is 0.0668 e. The van der Waals surface area contributed by atoms with Crippen LogP contribution in [0.2, 0.25) is 0 Å². The second kappa shape index (κ2) is 6.35. The molecule has 2 N–H and O–H groups in total. The van der Waals surface area contributed by atoms with E-state index in [9.17, 15) is 0 Å². The molecule has 0 aromatic heterocycles. The highest BCUT2D eigenvalue weighted by Gasteiger charge is 1.97. The van der Waals surface area contributed by atoms with Crippen LogP contribution in [0.15, 0.2) is 24.3 Å². The first-order valence-corrected chi connectivity index (χ1v) is 6.00. The molecular formula is C15H21N. The first-order valence-electron chi connectivity index (χ1n) is 6.00. The molecule has 1 atom stereocenters. The molecule has 0 aliphatic rings. The summed E-state index contributed by atoms with van der Waals surface area (Å²) >= 11 is 0. The van der Waals surface area contributed by atoms with Crippen LogP contribution in [0, 0.1) is 11.8 Å². The number of hydrogen-bond donors (Lipinski definition) is 1. The zero-order chi connectivity index (χ0) is 12.0. The van der Waals surface area contributed by atoms with Gasteiger partial charge in [-0.1, -0.05) is 51.2 Å². The van der Waals surface area contributed by atoms with E-state index in [1.54, 1.807) is 0 Å². The molecule has 0 aliphatic carbocycles. The maximum absolute atomic E-state index is 5.84. The lowest BCUT2D eigenvalue weighted by Crippen LogP contribution is -2.16. The minimum absolute atomic E-state index is 0.00905. The summed E-state index contributed by atoms with van der Waals surface area (Å²) in [7, 11) is 0. The molecule has 0 bridgehead atoms. The maximum atomic E-state index is 5.84. The van der Waals surface area contributed by atoms with Crippen LogP contribution in [0.3, 0.4) is 0 Å². The molecule has 0 saturated heterocycles. The molecule has 0 heterocycles. The third kappa shape index (κ3) is 4.08. The minimum Gasteiger partial charge on any atom is -0.318 e. The van der Waals surface area contributed by atoms with Crippen molar-refractivity contribution in [1.29, 1.82) is 0 Å². The first-order chi connectivity index (χ1) is 7.63. The predicted octanol–water partition coefficient (Wildman–Crippen LogP) is 3.29. The van der Waals surface area contributed by atoms with Gasteiger partial charge in [-0.25, -0.2) is 0 Å². The summed E-state index contributed by atoms with van der Waals surface area (Å²) < 4.78 is 0. The van der Waals surface area contributed by atoms with Gasteiger partial charge in [0, 0.05) is 5.56 Å². The molecule has 0 amide bonds. The smallest absolute Gasteiger partial charge is 0.0668 e. The molecular weight excluding hydrogens is 194 g/mol. The fraction of sp³-hybridized carbons (Fsp3) is 0.467. The average Bonchev–Trinajstić information content (AvgIpc) is 2.27. The zero-order valence-corrected chi connectivity index (χ0v) is 10.5. The fourth-order valence-corrected chi connectivity index (χ4v) is 1.51. The molecule has 1 nitrogen and oxygen atoms in total. The Morgan fingerprint density at radius 2 is 1.81 bits per heavy atom. The topological polar surface area (TPSA) is 26.0 Å². The van der Waals surface area contributed by atoms with Crippen LogP contribution < -0.4 is 5.73 Å². The lowest BCUT2D eigenvalue weighted by atomic mass is 10.0. The molecule has 1 heteroatoms. The molecule has 0 radical (unpaired) electrons. The zero-order valence-electron chi connectivity index (χ0n) is 10.5. The standard InChI is InChI=1S/C15H21N/c1-4-5-15(16)11-8-13-6-9-14(10-7-13)12(2)3/h6-7,9-10,12,15H,4-5,16H2,1-3H3. The highest BCUT2D eigenvalue weighted by molar-refractivity contribution is 5.37. The largest absolute Gasteiger partial charge is 0.318 e. The Hall–Kier alpha value is -1.26. The van der Waals surface area contributed by atoms with Crippen molar-refractivity contribution < 1.29 is 0 Å². The van der Waals surface area contributed by atoms with Crippen molar-refractivity contribution >= 4 is 0 Å². The van der Waals surface area contributed by atoms with Gasteiger partial charge >= 0.3 is 0 Å². The molecule has 1 rings (SSSR count). The summed E-state index contributed by atoms with van der Waals surface area (Å²) in [4.78, 5) is 0. The molecule has 0 saturated carbocycles. The van der Waals surface area contributed by atoms with Gasteiger partial charge in [-0.2, -0.15) is 0 Å². The van der Waals surface area contributed by atoms with Crippen molar-refractivity contribution in [3.8, 4) is 11.8 Å². The van der Waals surface area contributed by atoms with Gasteiger partial charge < -0.3 is 5.73 Å². The van der Waals surface area contributed by atoms with E-state index in [0.717, 1.165) is 18.4 Å². The van der Waals surface area contributed by atoms with Gasteiger partial charge in [-0.05, 0) is 30.0 Å². The second-order valence-corrected chi connectivity index (χ2v) is 4.44. The van der Waals surface area contributed by atoms with Crippen molar-refractivity contribution in [3.63, 3.8) is 0 Å². The predicted molar refractivity (Wildman–Crippen MR) is 70.3 cm³/mol. The third-order valence-electron chi connectivity index (χ3n) is 2.58. The normalized spacial score (nSPS) is 12.1. The van der Waals surface area contributed by atoms with Crippen LogP contribution in [0.5, 0.6) is 0 Å². The van der Waals surface area contributed by atoms with Crippen LogP contribution in [-0.2, 0) is 0 Å². The van der Waals surface area contributed by atoms with Gasteiger partial charge in [0.05, 0.1) is 6.04 Å². The highest BCUT2D eigenvalue weighted by atomic mass is 14.6. The summed E-state index contributed by atoms with van der Waals surface area (Å²) in [6, 6.07) is 8.43. The van der Waals surface area contributed by atoms with E-state index < -0.39 is 0 Å². The van der Waals surface area contributed by atoms with Gasteiger partial charge in [0.15, 0.2) is 0 Å². The number of nitrogens with two attached hydrogens (primary N) is 1. The summed E-state index contributed by atoms with van der Waals surface area (Å²) in [5.41, 5.74) is 8.24. The van der Waals surface area contributed by atoms with Gasteiger partial charge in [0.1, 0.15) is 0 Å². The molecule has 1 unspecified atom stereocenters. The molecule has 1 aromatic rings. The van der Waals surface area contributed by atoms with Crippen LogP contribution in [0.1, 0.15) is 50.7 Å². The van der Waals surface area contributed by atoms with Gasteiger partial charge in [0.25, 0.3) is 0 Å². The lowest BCUT2D eigenvalue weighted by molar-refractivity contribution is 0.720. The monoisotopic (exact) mass is 215 g/mol. The van der Waals surface area contributed by atoms with Crippen LogP contribution >= 0.6 is 0 Å². The van der Waals surface area contributed by atoms with Crippen molar-refractivity contribution in [3.05, 3.63) is 35.4 Å². The Kier molecular flexibility index (Phi) is 5.08. The molecule has 16 heavy (non-hydrogen) atoms. The summed E-state index contributed by atoms with van der Waals surface area (Å²) in [6.07, 6.45) is 2.05. The Morgan fingerprint density at radius 1 is 1.19 bits per heavy atom. The molecule has 86 valence electrons. The Bertz CT molecular complexity index is 365. The van der Waals surface area contributed by atoms with Gasteiger partial charge in [-0.3, -0.25) is 0 Å². The van der Waals surface area contributed by atoms with Crippen LogP contribution in [0.25, 0.3) is 0 Å². The Morgan fingerprint density at radius 3 is 2.31 bits per heavy atom. The molecule has 0 aliphatic heterocycles. The quantitative estimate of drug-likeness (QED) is 0.769. The van der Waals surface area contributed by atoms with Crippen LogP contribution in [-0.4, -0.2) is 6.04 Å². The van der Waals surface area contributed by atoms with Crippen molar-refractivity contribution in [2.75, 3.05) is 0 Å². The first kappa shape index (κ1) is 12.8. The Balaban J connectivity index is 2.68. The molecule has 1 aromatic carbocycles. The number of rotatable bonds is 3. The fourth-order valence-electron chi connectivity index (χ4n) is 1.51.